The van der Waals surface area contributed by atoms with Crippen LogP contribution >= 0.6 is 0 Å². The number of hydrogen-bond acceptors (Lipinski definition) is 3. The molecule has 1 aliphatic rings. The number of benzene rings is 1. The van der Waals surface area contributed by atoms with E-state index in [9.17, 15) is 0 Å². The van der Waals surface area contributed by atoms with Gasteiger partial charge in [0.15, 0.2) is 0 Å². The van der Waals surface area contributed by atoms with E-state index in [1.54, 1.807) is 0 Å². The predicted molar refractivity (Wildman–Crippen MR) is 77.2 cm³/mol. The highest BCUT2D eigenvalue weighted by Gasteiger charge is 2.36. The molecule has 98 valence electrons. The maximum Gasteiger partial charge on any atom is 0.223 e. The van der Waals surface area contributed by atoms with Crippen molar-refractivity contribution in [1.29, 1.82) is 0 Å². The summed E-state index contributed by atoms with van der Waals surface area (Å²) in [6.07, 6.45) is 4.77. The number of nitrogens with zero attached hydrogens (tertiary/aromatic N) is 2. The molecular formula is C16H19N3. The van der Waals surface area contributed by atoms with E-state index in [2.05, 4.69) is 53.4 Å². The molecule has 1 atom stereocenters. The molecule has 1 aliphatic carbocycles. The number of aryl methyl sites for hydroxylation is 1. The van der Waals surface area contributed by atoms with Crippen molar-refractivity contribution in [2.75, 3.05) is 5.32 Å². The Morgan fingerprint density at radius 3 is 2.58 bits per heavy atom. The summed E-state index contributed by atoms with van der Waals surface area (Å²) in [7, 11) is 0. The Balaban J connectivity index is 1.89. The molecule has 0 radical (unpaired) electrons. The van der Waals surface area contributed by atoms with Crippen LogP contribution in [0.15, 0.2) is 36.7 Å². The van der Waals surface area contributed by atoms with Crippen LogP contribution in [0.25, 0.3) is 0 Å². The Morgan fingerprint density at radius 2 is 1.84 bits per heavy atom. The molecule has 0 aliphatic heterocycles. The molecule has 0 bridgehead atoms. The first-order valence-corrected chi connectivity index (χ1v) is 6.71. The average molecular weight is 253 g/mol. The Morgan fingerprint density at radius 1 is 1.16 bits per heavy atom. The number of fused-ring (bicyclic) bond motifs is 1. The first kappa shape index (κ1) is 12.2. The normalized spacial score (nSPS) is 20.1. The topological polar surface area (TPSA) is 37.8 Å². The zero-order valence-corrected chi connectivity index (χ0v) is 11.6. The van der Waals surface area contributed by atoms with Gasteiger partial charge in [-0.15, -0.1) is 0 Å². The first-order valence-electron chi connectivity index (χ1n) is 6.71. The molecule has 3 nitrogen and oxygen atoms in total. The van der Waals surface area contributed by atoms with Crippen molar-refractivity contribution >= 4 is 5.95 Å². The molecule has 0 fully saturated rings. The van der Waals surface area contributed by atoms with Crippen LogP contribution < -0.4 is 5.32 Å². The number of rotatable bonds is 2. The Labute approximate surface area is 114 Å². The Kier molecular flexibility index (Phi) is 2.77. The monoisotopic (exact) mass is 253 g/mol. The van der Waals surface area contributed by atoms with Gasteiger partial charge in [-0.1, -0.05) is 38.1 Å². The quantitative estimate of drug-likeness (QED) is 0.888. The lowest BCUT2D eigenvalue weighted by Crippen LogP contribution is -2.15. The highest BCUT2D eigenvalue weighted by Crippen LogP contribution is 2.45. The number of nitrogens with one attached hydrogen (secondary N) is 1. The van der Waals surface area contributed by atoms with Crippen LogP contribution in [0, 0.1) is 6.92 Å². The fourth-order valence-corrected chi connectivity index (χ4v) is 2.90. The molecule has 1 aromatic carbocycles. The van der Waals surface area contributed by atoms with Crippen molar-refractivity contribution in [2.24, 2.45) is 0 Å². The van der Waals surface area contributed by atoms with E-state index in [1.165, 1.54) is 11.1 Å². The van der Waals surface area contributed by atoms with Crippen molar-refractivity contribution in [2.45, 2.75) is 38.6 Å². The van der Waals surface area contributed by atoms with E-state index in [0.717, 1.165) is 12.0 Å². The van der Waals surface area contributed by atoms with Crippen molar-refractivity contribution in [3.8, 4) is 0 Å². The summed E-state index contributed by atoms with van der Waals surface area (Å²) < 4.78 is 0. The van der Waals surface area contributed by atoms with Crippen molar-refractivity contribution in [1.82, 2.24) is 9.97 Å². The van der Waals surface area contributed by atoms with Crippen LogP contribution in [-0.2, 0) is 5.41 Å². The van der Waals surface area contributed by atoms with Gasteiger partial charge in [0.1, 0.15) is 0 Å². The summed E-state index contributed by atoms with van der Waals surface area (Å²) in [5.74, 6) is 0.711. The third-order valence-electron chi connectivity index (χ3n) is 3.86. The fraction of sp³-hybridized carbons (Fsp3) is 0.375. The Bertz CT molecular complexity index is 587. The fourth-order valence-electron chi connectivity index (χ4n) is 2.90. The van der Waals surface area contributed by atoms with Gasteiger partial charge in [0, 0.05) is 12.4 Å². The van der Waals surface area contributed by atoms with Crippen LogP contribution in [0.2, 0.25) is 0 Å². The molecule has 19 heavy (non-hydrogen) atoms. The minimum Gasteiger partial charge on any atom is -0.347 e. The molecule has 0 saturated heterocycles. The van der Waals surface area contributed by atoms with Gasteiger partial charge in [-0.05, 0) is 35.4 Å². The second-order valence-corrected chi connectivity index (χ2v) is 5.96. The lowest BCUT2D eigenvalue weighted by atomic mass is 9.86. The third-order valence-corrected chi connectivity index (χ3v) is 3.86. The first-order chi connectivity index (χ1) is 9.06. The molecule has 2 aromatic rings. The van der Waals surface area contributed by atoms with Crippen LogP contribution in [0.1, 0.15) is 43.0 Å². The second kappa shape index (κ2) is 4.34. The van der Waals surface area contributed by atoms with Gasteiger partial charge in [0.05, 0.1) is 6.04 Å². The van der Waals surface area contributed by atoms with Gasteiger partial charge in [-0.3, -0.25) is 0 Å². The van der Waals surface area contributed by atoms with Crippen molar-refractivity contribution in [3.63, 3.8) is 0 Å². The van der Waals surface area contributed by atoms with Crippen molar-refractivity contribution < 1.29 is 0 Å². The standard InChI is InChI=1S/C16H19N3/c1-11-9-17-15(18-10-11)19-14-8-16(2,3)13-7-5-4-6-12(13)14/h4-7,9-10,14H,8H2,1-3H3,(H,17,18,19). The minimum absolute atomic E-state index is 0.207. The van der Waals surface area contributed by atoms with E-state index in [1.807, 2.05) is 19.3 Å². The lowest BCUT2D eigenvalue weighted by molar-refractivity contribution is 0.492. The molecule has 3 rings (SSSR count). The number of hydrogen-bond donors (Lipinski definition) is 1. The molecule has 1 N–H and O–H groups in total. The largest absolute Gasteiger partial charge is 0.347 e. The van der Waals surface area contributed by atoms with Crippen LogP contribution in [-0.4, -0.2) is 9.97 Å². The van der Waals surface area contributed by atoms with E-state index in [-0.39, 0.29) is 5.41 Å². The molecule has 1 heterocycles. The molecule has 0 saturated carbocycles. The predicted octanol–water partition coefficient (Wildman–Crippen LogP) is 3.62. The summed E-state index contributed by atoms with van der Waals surface area (Å²) in [6, 6.07) is 8.95. The zero-order valence-electron chi connectivity index (χ0n) is 11.6. The smallest absolute Gasteiger partial charge is 0.223 e. The van der Waals surface area contributed by atoms with Gasteiger partial charge in [0.2, 0.25) is 5.95 Å². The van der Waals surface area contributed by atoms with Crippen LogP contribution in [0.3, 0.4) is 0 Å². The van der Waals surface area contributed by atoms with E-state index in [0.29, 0.717) is 12.0 Å². The van der Waals surface area contributed by atoms with E-state index in [4.69, 9.17) is 0 Å². The maximum absolute atomic E-state index is 4.34. The molecule has 3 heteroatoms. The maximum atomic E-state index is 4.34. The zero-order chi connectivity index (χ0) is 13.5. The van der Waals surface area contributed by atoms with E-state index < -0.39 is 0 Å². The summed E-state index contributed by atoms with van der Waals surface area (Å²) in [5.41, 5.74) is 4.09. The minimum atomic E-state index is 0.207. The lowest BCUT2D eigenvalue weighted by Gasteiger charge is -2.19. The summed E-state index contributed by atoms with van der Waals surface area (Å²) in [6.45, 7) is 6.59. The van der Waals surface area contributed by atoms with Crippen molar-refractivity contribution in [3.05, 3.63) is 53.3 Å². The van der Waals surface area contributed by atoms with E-state index >= 15 is 0 Å². The molecule has 0 amide bonds. The summed E-state index contributed by atoms with van der Waals surface area (Å²) >= 11 is 0. The second-order valence-electron chi connectivity index (χ2n) is 5.96. The summed E-state index contributed by atoms with van der Waals surface area (Å²) in [5, 5.41) is 3.46. The SMILES string of the molecule is Cc1cnc(NC2CC(C)(C)c3ccccc32)nc1. The molecular weight excluding hydrogens is 234 g/mol. The highest BCUT2D eigenvalue weighted by atomic mass is 15.1. The number of anilines is 1. The van der Waals surface area contributed by atoms with Gasteiger partial charge < -0.3 is 5.32 Å². The molecule has 0 spiro atoms. The average Bonchev–Trinajstić information content (AvgIpc) is 2.65. The van der Waals surface area contributed by atoms with Gasteiger partial charge in [-0.2, -0.15) is 0 Å². The third kappa shape index (κ3) is 2.21. The highest BCUT2D eigenvalue weighted by molar-refractivity contribution is 5.45. The van der Waals surface area contributed by atoms with Gasteiger partial charge >= 0.3 is 0 Å². The number of aromatic nitrogens is 2. The van der Waals surface area contributed by atoms with Crippen LogP contribution in [0.5, 0.6) is 0 Å². The molecule has 1 aromatic heterocycles. The Hall–Kier alpha value is -1.90. The van der Waals surface area contributed by atoms with Gasteiger partial charge in [0.25, 0.3) is 0 Å². The van der Waals surface area contributed by atoms with Gasteiger partial charge in [-0.25, -0.2) is 9.97 Å². The van der Waals surface area contributed by atoms with Crippen LogP contribution in [0.4, 0.5) is 5.95 Å². The summed E-state index contributed by atoms with van der Waals surface area (Å²) in [4.78, 5) is 8.68. The molecule has 1 unspecified atom stereocenters.